The van der Waals surface area contributed by atoms with Crippen LogP contribution in [0.1, 0.15) is 12.5 Å². The number of aliphatic hydroxyl groups is 2. The average Bonchev–Trinajstić information content (AvgIpc) is 3.53. The Kier molecular flexibility index (Phi) is 7.61. The van der Waals surface area contributed by atoms with Gasteiger partial charge in [-0.15, -0.1) is 0 Å². The highest BCUT2D eigenvalue weighted by atomic mass is 32.5. The highest BCUT2D eigenvalue weighted by Gasteiger charge is 2.50. The Morgan fingerprint density at radius 2 is 1.87 bits per heavy atom. The molecule has 0 aromatic carbocycles. The van der Waals surface area contributed by atoms with Crippen molar-refractivity contribution in [2.75, 3.05) is 18.9 Å². The summed E-state index contributed by atoms with van der Waals surface area (Å²) in [6, 6.07) is 0.964. The number of hydrogen-bond acceptors (Lipinski definition) is 13. The van der Waals surface area contributed by atoms with Crippen LogP contribution in [0, 0.1) is 0 Å². The lowest BCUT2D eigenvalue weighted by atomic mass is 10.1. The van der Waals surface area contributed by atoms with E-state index in [0.717, 1.165) is 23.2 Å². The van der Waals surface area contributed by atoms with Gasteiger partial charge in [-0.2, -0.15) is 0 Å². The van der Waals surface area contributed by atoms with E-state index in [1.54, 1.807) is 0 Å². The van der Waals surface area contributed by atoms with Crippen molar-refractivity contribution in [1.82, 2.24) is 29.1 Å². The first-order chi connectivity index (χ1) is 18.5. The van der Waals surface area contributed by atoms with Crippen molar-refractivity contribution in [1.29, 1.82) is 0 Å². The Hall–Kier alpha value is -2.74. The summed E-state index contributed by atoms with van der Waals surface area (Å²) in [6.45, 7) is -5.74. The van der Waals surface area contributed by atoms with Crippen LogP contribution in [0.5, 0.6) is 0 Å². The lowest BCUT2D eigenvalue weighted by Gasteiger charge is -2.25. The molecule has 39 heavy (non-hydrogen) atoms. The number of halogens is 2. The molecule has 3 aromatic heterocycles. The number of aliphatic hydroxyl groups excluding tert-OH is 2. The summed E-state index contributed by atoms with van der Waals surface area (Å²) in [5.41, 5.74) is 4.40. The summed E-state index contributed by atoms with van der Waals surface area (Å²) in [6.07, 6.45) is -9.91. The molecule has 0 radical (unpaired) electrons. The molecule has 0 spiro atoms. The Morgan fingerprint density at radius 1 is 1.15 bits per heavy atom. The van der Waals surface area contributed by atoms with Gasteiger partial charge >= 0.3 is 12.4 Å². The van der Waals surface area contributed by atoms with Crippen LogP contribution in [0.15, 0.2) is 34.5 Å². The van der Waals surface area contributed by atoms with E-state index in [0.29, 0.717) is 0 Å². The van der Waals surface area contributed by atoms with Crippen LogP contribution in [0.3, 0.4) is 0 Å². The van der Waals surface area contributed by atoms with Crippen molar-refractivity contribution >= 4 is 35.5 Å². The number of H-pyrrole nitrogens is 1. The normalized spacial score (nSPS) is 32.5. The Balaban J connectivity index is 1.26. The maximum absolute atomic E-state index is 15.3. The van der Waals surface area contributed by atoms with Gasteiger partial charge in [0.15, 0.2) is 36.3 Å². The number of imidazole rings is 1. The lowest BCUT2D eigenvalue weighted by Crippen LogP contribution is -2.36. The number of nitrogen functional groups attached to an aromatic ring is 1. The van der Waals surface area contributed by atoms with E-state index >= 15 is 4.39 Å². The molecule has 2 fully saturated rings. The molecule has 5 heterocycles. The van der Waals surface area contributed by atoms with E-state index in [1.165, 1.54) is 10.9 Å². The van der Waals surface area contributed by atoms with E-state index in [2.05, 4.69) is 15.0 Å². The van der Waals surface area contributed by atoms with Gasteiger partial charge < -0.3 is 34.8 Å². The number of nitrogens with zero attached hydrogens (tertiary/aromatic N) is 5. The molecule has 16 nitrogen and oxygen atoms in total. The smallest absolute Gasteiger partial charge is 0.330 e. The largest absolute Gasteiger partial charge is 0.394 e. The number of nitrogens with two attached hydrogens (primary N) is 1. The number of ether oxygens (including phenoxy) is 2. The lowest BCUT2D eigenvalue weighted by molar-refractivity contribution is -0.0535. The maximum Gasteiger partial charge on any atom is 0.330 e. The van der Waals surface area contributed by atoms with Gasteiger partial charge in [0, 0.05) is 12.3 Å². The SMILES string of the molecule is Nc1ncnc2c1ncn2C1OC(COP(O)(=S)OC2C(CO)OC(n3ccc(=O)[nH]c3=O)C2F)C(O)C1F. The van der Waals surface area contributed by atoms with E-state index in [1.807, 2.05) is 4.98 Å². The minimum atomic E-state index is -4.30. The molecule has 0 aliphatic carbocycles. The third-order valence-electron chi connectivity index (χ3n) is 6.18. The average molecular weight is 593 g/mol. The Bertz CT molecular complexity index is 1520. The zero-order valence-corrected chi connectivity index (χ0v) is 21.3. The van der Waals surface area contributed by atoms with Gasteiger partial charge in [-0.25, -0.2) is 28.5 Å². The van der Waals surface area contributed by atoms with Crippen LogP contribution in [0.25, 0.3) is 11.2 Å². The van der Waals surface area contributed by atoms with Crippen molar-refractivity contribution in [2.24, 2.45) is 0 Å². The first kappa shape index (κ1) is 27.8. The highest BCUT2D eigenvalue weighted by Crippen LogP contribution is 2.50. The van der Waals surface area contributed by atoms with Crippen LogP contribution < -0.4 is 17.0 Å². The van der Waals surface area contributed by atoms with Crippen molar-refractivity contribution < 1.29 is 42.4 Å². The van der Waals surface area contributed by atoms with Gasteiger partial charge in [-0.05, 0) is 11.8 Å². The van der Waals surface area contributed by atoms with Crippen molar-refractivity contribution in [3.05, 3.63) is 45.8 Å². The fourth-order valence-corrected chi connectivity index (χ4v) is 5.73. The number of nitrogens with one attached hydrogen (secondary N) is 1. The van der Waals surface area contributed by atoms with Crippen LogP contribution in [0.2, 0.25) is 0 Å². The van der Waals surface area contributed by atoms with E-state index in [4.69, 9.17) is 36.1 Å². The van der Waals surface area contributed by atoms with E-state index in [-0.39, 0.29) is 17.0 Å². The Labute approximate surface area is 221 Å². The zero-order valence-electron chi connectivity index (χ0n) is 19.6. The first-order valence-corrected chi connectivity index (χ1v) is 13.9. The van der Waals surface area contributed by atoms with Gasteiger partial charge in [0.2, 0.25) is 0 Å². The minimum Gasteiger partial charge on any atom is -0.394 e. The van der Waals surface area contributed by atoms with Gasteiger partial charge in [-0.1, -0.05) is 0 Å². The van der Waals surface area contributed by atoms with Crippen LogP contribution in [-0.2, 0) is 30.3 Å². The Morgan fingerprint density at radius 3 is 2.59 bits per heavy atom. The topological polar surface area (TPSA) is 222 Å². The molecular formula is C19H22F2N7O9PS. The highest BCUT2D eigenvalue weighted by molar-refractivity contribution is 8.07. The monoisotopic (exact) mass is 593 g/mol. The summed E-state index contributed by atoms with van der Waals surface area (Å²) >= 11 is 4.95. The molecule has 9 atom stereocenters. The standard InChI is InChI=1S/C19H22F2N7O9PS/c20-10-13(31)8(36-17(10)28-6-25-12-15(22)23-5-24-16(12)28)4-34-38(33,39)37-14-7(3-29)35-18(11(14)21)27-2-1-9(30)26-19(27)32/h1-2,5-8,10-11,13-14,17-18,29,31H,3-4H2,(H,33,39)(H2,22,23,24)(H,26,30,32). The van der Waals surface area contributed by atoms with Gasteiger partial charge in [-0.3, -0.25) is 23.4 Å². The summed E-state index contributed by atoms with van der Waals surface area (Å²) in [5.74, 6) is 0.0571. The molecule has 9 unspecified atom stereocenters. The third-order valence-corrected chi connectivity index (χ3v) is 7.74. The number of alkyl halides is 2. The summed E-state index contributed by atoms with van der Waals surface area (Å²) in [4.78, 5) is 47.7. The minimum absolute atomic E-state index is 0.0571. The van der Waals surface area contributed by atoms with Crippen LogP contribution in [0.4, 0.5) is 14.6 Å². The van der Waals surface area contributed by atoms with Gasteiger partial charge in [0.1, 0.15) is 36.3 Å². The van der Waals surface area contributed by atoms with E-state index < -0.39 is 80.4 Å². The molecule has 0 bridgehead atoms. The van der Waals surface area contributed by atoms with Crippen molar-refractivity contribution in [3.63, 3.8) is 0 Å². The fourth-order valence-electron chi connectivity index (χ4n) is 4.29. The predicted molar refractivity (Wildman–Crippen MR) is 129 cm³/mol. The fraction of sp³-hybridized carbons (Fsp3) is 0.526. The second-order valence-electron chi connectivity index (χ2n) is 8.63. The molecular weight excluding hydrogens is 571 g/mol. The van der Waals surface area contributed by atoms with Gasteiger partial charge in [0.25, 0.3) is 5.56 Å². The molecule has 2 saturated heterocycles. The second-order valence-corrected chi connectivity index (χ2v) is 11.4. The maximum atomic E-state index is 15.3. The predicted octanol–water partition coefficient (Wildman–Crippen LogP) is -1.60. The van der Waals surface area contributed by atoms with Gasteiger partial charge in [0.05, 0.1) is 19.5 Å². The number of aromatic amines is 1. The third kappa shape index (κ3) is 5.24. The molecule has 2 aliphatic heterocycles. The molecule has 0 saturated carbocycles. The van der Waals surface area contributed by atoms with Crippen LogP contribution >= 0.6 is 6.72 Å². The second kappa shape index (κ2) is 10.7. The number of hydrogen-bond donors (Lipinski definition) is 5. The van der Waals surface area contributed by atoms with Crippen molar-refractivity contribution in [3.8, 4) is 0 Å². The van der Waals surface area contributed by atoms with Crippen molar-refractivity contribution in [2.45, 2.75) is 49.2 Å². The van der Waals surface area contributed by atoms with Crippen LogP contribution in [-0.4, -0.2) is 94.1 Å². The molecule has 3 aromatic rings. The zero-order chi connectivity index (χ0) is 28.1. The summed E-state index contributed by atoms with van der Waals surface area (Å²) in [7, 11) is 0. The number of fused-ring (bicyclic) bond motifs is 1. The summed E-state index contributed by atoms with van der Waals surface area (Å²) in [5, 5.41) is 20.0. The number of aromatic nitrogens is 6. The first-order valence-electron chi connectivity index (χ1n) is 11.3. The molecule has 5 rings (SSSR count). The quantitative estimate of drug-likeness (QED) is 0.186. The number of anilines is 1. The molecule has 2 aliphatic rings. The molecule has 20 heteroatoms. The molecule has 6 N–H and O–H groups in total. The molecule has 212 valence electrons. The molecule has 0 amide bonds. The number of rotatable bonds is 8. The van der Waals surface area contributed by atoms with E-state index in [9.17, 15) is 29.1 Å². The summed E-state index contributed by atoms with van der Waals surface area (Å²) < 4.78 is 53.6.